The van der Waals surface area contributed by atoms with Crippen molar-refractivity contribution in [2.45, 2.75) is 0 Å². The molecule has 142 valence electrons. The maximum Gasteiger partial charge on any atom is 0.211 e. The first kappa shape index (κ1) is 19.0. The van der Waals surface area contributed by atoms with Crippen LogP contribution in [0.5, 0.6) is 23.0 Å². The third-order valence-electron chi connectivity index (χ3n) is 4.32. The highest BCUT2D eigenvalue weighted by Crippen LogP contribution is 2.38. The van der Waals surface area contributed by atoms with E-state index in [-0.39, 0.29) is 11.5 Å². The highest BCUT2D eigenvalue weighted by Gasteiger charge is 2.19. The lowest BCUT2D eigenvalue weighted by molar-refractivity contribution is 0.103. The minimum absolute atomic E-state index is 0.232. The summed E-state index contributed by atoms with van der Waals surface area (Å²) < 4.78 is 21.1. The lowest BCUT2D eigenvalue weighted by Crippen LogP contribution is -2.06. The van der Waals surface area contributed by atoms with Gasteiger partial charge in [0, 0.05) is 10.9 Å². The van der Waals surface area contributed by atoms with Crippen LogP contribution in [0.1, 0.15) is 21.6 Å². The lowest BCUT2D eigenvalue weighted by Gasteiger charge is -2.13. The fourth-order valence-corrected chi connectivity index (χ4v) is 2.96. The third-order valence-corrected chi connectivity index (χ3v) is 4.32. The summed E-state index contributed by atoms with van der Waals surface area (Å²) in [5.74, 6) is 1.31. The minimum atomic E-state index is -0.310. The van der Waals surface area contributed by atoms with Gasteiger partial charge in [-0.15, -0.1) is 0 Å². The summed E-state index contributed by atoms with van der Waals surface area (Å²) in [4.78, 5) is 17.4. The third kappa shape index (κ3) is 3.16. The number of rotatable bonds is 6. The second kappa shape index (κ2) is 7.84. The van der Waals surface area contributed by atoms with Crippen LogP contribution in [0.3, 0.4) is 0 Å². The highest BCUT2D eigenvalue weighted by molar-refractivity contribution is 6.09. The van der Waals surface area contributed by atoms with Crippen LogP contribution < -0.4 is 18.9 Å². The van der Waals surface area contributed by atoms with Gasteiger partial charge in [-0.1, -0.05) is 0 Å². The Morgan fingerprint density at radius 3 is 2.07 bits per heavy atom. The number of methoxy groups -OCH3 is 4. The van der Waals surface area contributed by atoms with Gasteiger partial charge in [0.15, 0.2) is 11.5 Å². The van der Waals surface area contributed by atoms with Gasteiger partial charge in [-0.2, -0.15) is 5.26 Å². The fourth-order valence-electron chi connectivity index (χ4n) is 2.96. The zero-order chi connectivity index (χ0) is 20.3. The largest absolute Gasteiger partial charge is 0.495 e. The Morgan fingerprint density at radius 1 is 0.893 bits per heavy atom. The van der Waals surface area contributed by atoms with E-state index in [0.717, 1.165) is 0 Å². The van der Waals surface area contributed by atoms with Gasteiger partial charge in [0.1, 0.15) is 23.1 Å². The monoisotopic (exact) mass is 378 g/mol. The molecular formula is C21H18N2O5. The minimum Gasteiger partial charge on any atom is -0.495 e. The molecule has 7 heteroatoms. The van der Waals surface area contributed by atoms with Gasteiger partial charge in [0.2, 0.25) is 11.5 Å². The van der Waals surface area contributed by atoms with Crippen LogP contribution in [0, 0.1) is 11.3 Å². The van der Waals surface area contributed by atoms with Gasteiger partial charge in [0.05, 0.1) is 34.0 Å². The summed E-state index contributed by atoms with van der Waals surface area (Å²) in [6, 6.07) is 11.9. The molecule has 0 aliphatic rings. The SMILES string of the molecule is COc1cc(C(=O)c2ccc3c(C#N)c(OC)ccc3n2)cc(OC)c1OC. The van der Waals surface area contributed by atoms with Crippen LogP contribution in [-0.4, -0.2) is 39.2 Å². The van der Waals surface area contributed by atoms with Gasteiger partial charge in [-0.3, -0.25) is 4.79 Å². The number of carbonyl (C=O) groups excluding carboxylic acids is 1. The van der Waals surface area contributed by atoms with Gasteiger partial charge in [-0.25, -0.2) is 4.98 Å². The Bertz CT molecular complexity index is 1080. The van der Waals surface area contributed by atoms with Crippen molar-refractivity contribution in [3.05, 3.63) is 53.2 Å². The Morgan fingerprint density at radius 2 is 1.54 bits per heavy atom. The highest BCUT2D eigenvalue weighted by atomic mass is 16.5. The summed E-state index contributed by atoms with van der Waals surface area (Å²) in [6.45, 7) is 0. The number of nitriles is 1. The molecule has 0 aliphatic carbocycles. The smallest absolute Gasteiger partial charge is 0.211 e. The van der Waals surface area contributed by atoms with Crippen molar-refractivity contribution in [1.82, 2.24) is 4.98 Å². The maximum atomic E-state index is 13.0. The van der Waals surface area contributed by atoms with Crippen molar-refractivity contribution in [2.75, 3.05) is 28.4 Å². The molecule has 3 rings (SSSR count). The molecule has 0 bridgehead atoms. The van der Waals surface area contributed by atoms with E-state index in [9.17, 15) is 10.1 Å². The number of hydrogen-bond acceptors (Lipinski definition) is 7. The number of pyridine rings is 1. The summed E-state index contributed by atoms with van der Waals surface area (Å²) >= 11 is 0. The molecule has 1 aromatic heterocycles. The number of carbonyl (C=O) groups is 1. The topological polar surface area (TPSA) is 90.7 Å². The molecule has 0 unspecified atom stereocenters. The van der Waals surface area contributed by atoms with Crippen molar-refractivity contribution < 1.29 is 23.7 Å². The van der Waals surface area contributed by atoms with E-state index in [4.69, 9.17) is 18.9 Å². The molecule has 1 heterocycles. The first-order valence-electron chi connectivity index (χ1n) is 8.30. The van der Waals surface area contributed by atoms with Crippen molar-refractivity contribution in [2.24, 2.45) is 0 Å². The Hall–Kier alpha value is -3.79. The van der Waals surface area contributed by atoms with E-state index in [1.807, 2.05) is 0 Å². The van der Waals surface area contributed by atoms with Crippen LogP contribution in [0.2, 0.25) is 0 Å². The molecule has 0 spiro atoms. The molecule has 0 aliphatic heterocycles. The van der Waals surface area contributed by atoms with Crippen molar-refractivity contribution >= 4 is 16.7 Å². The number of aromatic nitrogens is 1. The predicted molar refractivity (Wildman–Crippen MR) is 103 cm³/mol. The molecule has 7 nitrogen and oxygen atoms in total. The molecule has 0 saturated carbocycles. The predicted octanol–water partition coefficient (Wildman–Crippen LogP) is 3.37. The molecule has 28 heavy (non-hydrogen) atoms. The Labute approximate surface area is 162 Å². The fraction of sp³-hybridized carbons (Fsp3) is 0.190. The van der Waals surface area contributed by atoms with Crippen LogP contribution in [0.4, 0.5) is 0 Å². The van der Waals surface area contributed by atoms with Crippen LogP contribution >= 0.6 is 0 Å². The molecule has 0 atom stereocenters. The molecular weight excluding hydrogens is 360 g/mol. The number of hydrogen-bond donors (Lipinski definition) is 0. The maximum absolute atomic E-state index is 13.0. The summed E-state index contributed by atoms with van der Waals surface area (Å²) in [7, 11) is 5.96. The van der Waals surface area contributed by atoms with Gasteiger partial charge >= 0.3 is 0 Å². The first-order valence-corrected chi connectivity index (χ1v) is 8.30. The average molecular weight is 378 g/mol. The molecule has 3 aromatic rings. The lowest BCUT2D eigenvalue weighted by atomic mass is 10.0. The first-order chi connectivity index (χ1) is 13.6. The van der Waals surface area contributed by atoms with Gasteiger partial charge < -0.3 is 18.9 Å². The zero-order valence-corrected chi connectivity index (χ0v) is 15.9. The summed E-state index contributed by atoms with van der Waals surface area (Å²) in [6.07, 6.45) is 0. The molecule has 0 fully saturated rings. The van der Waals surface area contributed by atoms with E-state index >= 15 is 0 Å². The number of benzene rings is 2. The Balaban J connectivity index is 2.10. The second-order valence-electron chi connectivity index (χ2n) is 5.76. The molecule has 0 radical (unpaired) electrons. The molecule has 0 saturated heterocycles. The summed E-state index contributed by atoms with van der Waals surface area (Å²) in [5.41, 5.74) is 1.47. The number of nitrogens with zero attached hydrogens (tertiary/aromatic N) is 2. The van der Waals surface area contributed by atoms with E-state index in [2.05, 4.69) is 11.1 Å². The van der Waals surface area contributed by atoms with E-state index in [0.29, 0.717) is 45.0 Å². The Kier molecular flexibility index (Phi) is 5.32. The van der Waals surface area contributed by atoms with Crippen LogP contribution in [0.25, 0.3) is 10.9 Å². The van der Waals surface area contributed by atoms with Gasteiger partial charge in [-0.05, 0) is 36.4 Å². The average Bonchev–Trinajstić information content (AvgIpc) is 2.75. The molecule has 0 amide bonds. The molecule has 2 aromatic carbocycles. The van der Waals surface area contributed by atoms with E-state index in [1.54, 1.807) is 36.4 Å². The number of fused-ring (bicyclic) bond motifs is 1. The number of ether oxygens (including phenoxy) is 4. The van der Waals surface area contributed by atoms with Crippen molar-refractivity contribution in [1.29, 1.82) is 5.26 Å². The van der Waals surface area contributed by atoms with Crippen LogP contribution in [0.15, 0.2) is 36.4 Å². The quantitative estimate of drug-likeness (QED) is 0.607. The normalized spacial score (nSPS) is 10.2. The van der Waals surface area contributed by atoms with E-state index < -0.39 is 0 Å². The van der Waals surface area contributed by atoms with Gasteiger partial charge in [0.25, 0.3) is 0 Å². The summed E-state index contributed by atoms with van der Waals surface area (Å²) in [5, 5.41) is 10.0. The van der Waals surface area contributed by atoms with E-state index in [1.165, 1.54) is 28.4 Å². The second-order valence-corrected chi connectivity index (χ2v) is 5.76. The zero-order valence-electron chi connectivity index (χ0n) is 15.9. The standard InChI is InChI=1S/C21H18N2O5/c1-25-17-8-7-15-13(14(17)11-22)5-6-16(23-15)20(24)12-9-18(26-2)21(28-4)19(10-12)27-3/h5-10H,1-4H3. The molecule has 0 N–H and O–H groups in total. The van der Waals surface area contributed by atoms with Crippen molar-refractivity contribution in [3.8, 4) is 29.1 Å². The van der Waals surface area contributed by atoms with Crippen molar-refractivity contribution in [3.63, 3.8) is 0 Å². The number of ketones is 1. The van der Waals surface area contributed by atoms with Crippen LogP contribution in [-0.2, 0) is 0 Å².